The molecule has 0 aromatic carbocycles. The van der Waals surface area contributed by atoms with Crippen LogP contribution in [0.4, 0.5) is 4.79 Å². The summed E-state index contributed by atoms with van der Waals surface area (Å²) in [6, 6.07) is 0. The summed E-state index contributed by atoms with van der Waals surface area (Å²) < 4.78 is 5.23. The molecular formula is C10H20N2O2. The van der Waals surface area contributed by atoms with E-state index >= 15 is 0 Å². The third kappa shape index (κ3) is 2.61. The number of amides is 1. The lowest BCUT2D eigenvalue weighted by molar-refractivity contribution is -0.0246. The van der Waals surface area contributed by atoms with Crippen LogP contribution in [-0.4, -0.2) is 36.2 Å². The summed E-state index contributed by atoms with van der Waals surface area (Å²) in [6.07, 6.45) is -0.233. The molecule has 1 aliphatic rings. The Morgan fingerprint density at radius 3 is 2.36 bits per heavy atom. The Balaban J connectivity index is 2.37. The van der Waals surface area contributed by atoms with Gasteiger partial charge in [-0.05, 0) is 20.8 Å². The average Bonchev–Trinajstić information content (AvgIpc) is 1.95. The van der Waals surface area contributed by atoms with Gasteiger partial charge in [0, 0.05) is 25.0 Å². The van der Waals surface area contributed by atoms with E-state index in [0.717, 1.165) is 0 Å². The lowest BCUT2D eigenvalue weighted by atomic mass is 9.82. The summed E-state index contributed by atoms with van der Waals surface area (Å²) in [6.45, 7) is 9.71. The molecule has 1 heterocycles. The number of hydrogen-bond acceptors (Lipinski definition) is 3. The van der Waals surface area contributed by atoms with Gasteiger partial charge >= 0.3 is 6.09 Å². The smallest absolute Gasteiger partial charge is 0.410 e. The second kappa shape index (κ2) is 3.42. The minimum Gasteiger partial charge on any atom is -0.444 e. The second-order valence-corrected chi connectivity index (χ2v) is 5.35. The highest BCUT2D eigenvalue weighted by molar-refractivity contribution is 5.69. The molecule has 0 aromatic heterocycles. The van der Waals surface area contributed by atoms with Gasteiger partial charge in [-0.2, -0.15) is 0 Å². The van der Waals surface area contributed by atoms with Crippen molar-refractivity contribution in [2.75, 3.05) is 19.6 Å². The first kappa shape index (κ1) is 11.3. The molecule has 0 bridgehead atoms. The van der Waals surface area contributed by atoms with Crippen molar-refractivity contribution in [2.45, 2.75) is 33.3 Å². The van der Waals surface area contributed by atoms with Gasteiger partial charge in [0.2, 0.25) is 0 Å². The molecule has 0 radical (unpaired) electrons. The fraction of sp³-hybridized carbons (Fsp3) is 0.900. The fourth-order valence-electron chi connectivity index (χ4n) is 1.46. The van der Waals surface area contributed by atoms with Crippen LogP contribution < -0.4 is 5.73 Å². The van der Waals surface area contributed by atoms with Gasteiger partial charge in [0.05, 0.1) is 0 Å². The highest BCUT2D eigenvalue weighted by Gasteiger charge is 2.41. The first-order chi connectivity index (χ1) is 6.26. The molecule has 0 atom stereocenters. The van der Waals surface area contributed by atoms with E-state index in [9.17, 15) is 4.79 Å². The van der Waals surface area contributed by atoms with Gasteiger partial charge in [-0.15, -0.1) is 0 Å². The van der Waals surface area contributed by atoms with Gasteiger partial charge in [0.25, 0.3) is 0 Å². The molecule has 4 heteroatoms. The Hall–Kier alpha value is -0.770. The number of carbonyl (C=O) groups is 1. The maximum Gasteiger partial charge on any atom is 0.410 e. The van der Waals surface area contributed by atoms with Crippen LogP contribution in [0, 0.1) is 5.41 Å². The molecule has 4 nitrogen and oxygen atoms in total. The van der Waals surface area contributed by atoms with Crippen LogP contribution in [0.5, 0.6) is 0 Å². The van der Waals surface area contributed by atoms with E-state index in [-0.39, 0.29) is 11.5 Å². The molecule has 1 fully saturated rings. The molecule has 0 aromatic rings. The molecular weight excluding hydrogens is 180 g/mol. The van der Waals surface area contributed by atoms with Gasteiger partial charge in [-0.3, -0.25) is 0 Å². The van der Waals surface area contributed by atoms with E-state index in [1.165, 1.54) is 0 Å². The average molecular weight is 200 g/mol. The van der Waals surface area contributed by atoms with Gasteiger partial charge in [-0.25, -0.2) is 4.79 Å². The van der Waals surface area contributed by atoms with Crippen molar-refractivity contribution in [2.24, 2.45) is 11.1 Å². The minimum atomic E-state index is -0.411. The van der Waals surface area contributed by atoms with Gasteiger partial charge in [0.15, 0.2) is 0 Å². The Kier molecular flexibility index (Phi) is 2.76. The van der Waals surface area contributed by atoms with Crippen molar-refractivity contribution in [3.8, 4) is 0 Å². The highest BCUT2D eigenvalue weighted by Crippen LogP contribution is 2.29. The second-order valence-electron chi connectivity index (χ2n) is 5.35. The lowest BCUT2D eigenvalue weighted by Gasteiger charge is -2.47. The molecule has 2 N–H and O–H groups in total. The summed E-state index contributed by atoms with van der Waals surface area (Å²) in [7, 11) is 0. The van der Waals surface area contributed by atoms with Crippen molar-refractivity contribution < 1.29 is 9.53 Å². The van der Waals surface area contributed by atoms with Crippen molar-refractivity contribution in [1.29, 1.82) is 0 Å². The van der Waals surface area contributed by atoms with Crippen LogP contribution in [0.2, 0.25) is 0 Å². The first-order valence-electron chi connectivity index (χ1n) is 4.94. The Bertz CT molecular complexity index is 227. The van der Waals surface area contributed by atoms with Crippen molar-refractivity contribution in [3.05, 3.63) is 0 Å². The van der Waals surface area contributed by atoms with Gasteiger partial charge in [0.1, 0.15) is 5.60 Å². The Morgan fingerprint density at radius 2 is 2.00 bits per heavy atom. The zero-order chi connectivity index (χ0) is 11.0. The number of ether oxygens (including phenoxy) is 1. The number of nitrogens with zero attached hydrogens (tertiary/aromatic N) is 1. The van der Waals surface area contributed by atoms with Crippen molar-refractivity contribution in [1.82, 2.24) is 4.90 Å². The van der Waals surface area contributed by atoms with E-state index in [1.54, 1.807) is 4.90 Å². The number of hydrogen-bond donors (Lipinski definition) is 1. The number of nitrogens with two attached hydrogens (primary N) is 1. The van der Waals surface area contributed by atoms with E-state index in [1.807, 2.05) is 20.8 Å². The summed E-state index contributed by atoms with van der Waals surface area (Å²) in [5.74, 6) is 0. The molecule has 0 spiro atoms. The summed E-state index contributed by atoms with van der Waals surface area (Å²) >= 11 is 0. The molecule has 1 aliphatic heterocycles. The normalized spacial score (nSPS) is 20.2. The molecule has 1 amide bonds. The van der Waals surface area contributed by atoms with Crippen LogP contribution in [0.25, 0.3) is 0 Å². The molecule has 0 unspecified atom stereocenters. The van der Waals surface area contributed by atoms with Crippen molar-refractivity contribution >= 4 is 6.09 Å². The van der Waals surface area contributed by atoms with Crippen LogP contribution >= 0.6 is 0 Å². The summed E-state index contributed by atoms with van der Waals surface area (Å²) in [4.78, 5) is 13.2. The first-order valence-corrected chi connectivity index (χ1v) is 4.94. The zero-order valence-corrected chi connectivity index (χ0v) is 9.46. The third-order valence-corrected chi connectivity index (χ3v) is 2.29. The number of carbonyl (C=O) groups excluding carboxylic acids is 1. The van der Waals surface area contributed by atoms with Gasteiger partial charge < -0.3 is 15.4 Å². The molecule has 1 rings (SSSR count). The molecule has 0 aliphatic carbocycles. The summed E-state index contributed by atoms with van der Waals surface area (Å²) in [5, 5.41) is 0. The standard InChI is InChI=1S/C10H20N2O2/c1-9(2,3)14-8(13)12-6-10(4,5-11)7-12/h5-7,11H2,1-4H3. The predicted molar refractivity (Wildman–Crippen MR) is 55.0 cm³/mol. The van der Waals surface area contributed by atoms with E-state index in [4.69, 9.17) is 10.5 Å². The van der Waals surface area contributed by atoms with Crippen LogP contribution in [0.3, 0.4) is 0 Å². The monoisotopic (exact) mass is 200 g/mol. The van der Waals surface area contributed by atoms with Crippen LogP contribution in [0.15, 0.2) is 0 Å². The molecule has 0 saturated carbocycles. The lowest BCUT2D eigenvalue weighted by Crippen LogP contribution is -2.60. The Morgan fingerprint density at radius 1 is 1.50 bits per heavy atom. The van der Waals surface area contributed by atoms with E-state index < -0.39 is 5.60 Å². The number of rotatable bonds is 1. The summed E-state index contributed by atoms with van der Waals surface area (Å²) in [5.41, 5.74) is 5.26. The largest absolute Gasteiger partial charge is 0.444 e. The SMILES string of the molecule is CC1(CN)CN(C(=O)OC(C)(C)C)C1. The Labute approximate surface area is 85.4 Å². The van der Waals surface area contributed by atoms with E-state index in [2.05, 4.69) is 6.92 Å². The van der Waals surface area contributed by atoms with Crippen LogP contribution in [-0.2, 0) is 4.74 Å². The zero-order valence-electron chi connectivity index (χ0n) is 9.46. The van der Waals surface area contributed by atoms with Crippen molar-refractivity contribution in [3.63, 3.8) is 0 Å². The quantitative estimate of drug-likeness (QED) is 0.692. The maximum atomic E-state index is 11.5. The molecule has 1 saturated heterocycles. The minimum absolute atomic E-state index is 0.0942. The number of likely N-dealkylation sites (tertiary alicyclic amines) is 1. The van der Waals surface area contributed by atoms with E-state index in [0.29, 0.717) is 19.6 Å². The van der Waals surface area contributed by atoms with Crippen LogP contribution in [0.1, 0.15) is 27.7 Å². The van der Waals surface area contributed by atoms with Gasteiger partial charge in [-0.1, -0.05) is 6.92 Å². The highest BCUT2D eigenvalue weighted by atomic mass is 16.6. The third-order valence-electron chi connectivity index (χ3n) is 2.29. The maximum absolute atomic E-state index is 11.5. The predicted octanol–water partition coefficient (Wildman–Crippen LogP) is 1.20. The molecule has 14 heavy (non-hydrogen) atoms. The topological polar surface area (TPSA) is 55.6 Å². The fourth-order valence-corrected chi connectivity index (χ4v) is 1.46. The molecule has 82 valence electrons.